The Morgan fingerprint density at radius 1 is 1.20 bits per heavy atom. The molecule has 1 rings (SSSR count). The highest BCUT2D eigenvalue weighted by atomic mass is 16.2. The van der Waals surface area contributed by atoms with Gasteiger partial charge in [-0.3, -0.25) is 15.4 Å². The molecule has 110 valence electrons. The van der Waals surface area contributed by atoms with Gasteiger partial charge in [0.25, 0.3) is 0 Å². The summed E-state index contributed by atoms with van der Waals surface area (Å²) >= 11 is 0. The van der Waals surface area contributed by atoms with E-state index in [2.05, 4.69) is 16.0 Å². The first-order chi connectivity index (χ1) is 9.45. The predicted molar refractivity (Wildman–Crippen MR) is 79.4 cm³/mol. The molecular weight excluding hydrogens is 254 g/mol. The van der Waals surface area contributed by atoms with E-state index >= 15 is 0 Å². The molecule has 0 spiro atoms. The quantitative estimate of drug-likeness (QED) is 0.769. The molecule has 0 aliphatic rings. The number of carbonyl (C=O) groups excluding carboxylic acids is 2. The normalized spacial score (nSPS) is 13.4. The first-order valence-corrected chi connectivity index (χ1v) is 6.86. The van der Waals surface area contributed by atoms with E-state index < -0.39 is 12.1 Å². The minimum atomic E-state index is -0.463. The Balaban J connectivity index is 2.57. The topological polar surface area (TPSA) is 70.2 Å². The molecule has 1 aromatic rings. The first-order valence-electron chi connectivity index (χ1n) is 6.86. The van der Waals surface area contributed by atoms with Crippen LogP contribution >= 0.6 is 0 Å². The SMILES string of the molecule is CCNC(=O)NC(=O)[C@H](C)N[C@@H](C)c1ccccc1C. The molecule has 5 nitrogen and oxygen atoms in total. The molecule has 0 bridgehead atoms. The Bertz CT molecular complexity index is 474. The largest absolute Gasteiger partial charge is 0.338 e. The highest BCUT2D eigenvalue weighted by Gasteiger charge is 2.18. The second kappa shape index (κ2) is 7.65. The smallest absolute Gasteiger partial charge is 0.321 e. The van der Waals surface area contributed by atoms with Crippen molar-refractivity contribution in [2.45, 2.75) is 39.8 Å². The van der Waals surface area contributed by atoms with Crippen molar-refractivity contribution in [3.8, 4) is 0 Å². The molecule has 3 amide bonds. The Morgan fingerprint density at radius 3 is 2.45 bits per heavy atom. The van der Waals surface area contributed by atoms with Crippen molar-refractivity contribution in [2.75, 3.05) is 6.54 Å². The van der Waals surface area contributed by atoms with Gasteiger partial charge in [0.2, 0.25) is 5.91 Å². The maximum atomic E-state index is 11.8. The molecule has 0 saturated carbocycles. The molecule has 0 fully saturated rings. The zero-order valence-corrected chi connectivity index (χ0v) is 12.5. The van der Waals surface area contributed by atoms with E-state index in [1.165, 1.54) is 5.56 Å². The number of hydrogen-bond donors (Lipinski definition) is 3. The van der Waals surface area contributed by atoms with Crippen LogP contribution in [0.2, 0.25) is 0 Å². The van der Waals surface area contributed by atoms with Crippen LogP contribution in [0.25, 0.3) is 0 Å². The van der Waals surface area contributed by atoms with Crippen LogP contribution in [-0.2, 0) is 4.79 Å². The van der Waals surface area contributed by atoms with E-state index in [4.69, 9.17) is 0 Å². The minimum Gasteiger partial charge on any atom is -0.338 e. The third-order valence-corrected chi connectivity index (χ3v) is 3.12. The zero-order chi connectivity index (χ0) is 15.1. The Hall–Kier alpha value is -1.88. The number of carbonyl (C=O) groups is 2. The molecule has 2 atom stereocenters. The molecule has 0 aliphatic heterocycles. The van der Waals surface area contributed by atoms with Gasteiger partial charge in [-0.1, -0.05) is 24.3 Å². The van der Waals surface area contributed by atoms with E-state index in [9.17, 15) is 9.59 Å². The van der Waals surface area contributed by atoms with E-state index in [0.29, 0.717) is 6.54 Å². The molecule has 0 heterocycles. The number of hydrogen-bond acceptors (Lipinski definition) is 3. The molecule has 20 heavy (non-hydrogen) atoms. The Morgan fingerprint density at radius 2 is 1.85 bits per heavy atom. The maximum Gasteiger partial charge on any atom is 0.321 e. The van der Waals surface area contributed by atoms with Gasteiger partial charge in [0.15, 0.2) is 0 Å². The van der Waals surface area contributed by atoms with E-state index in [1.54, 1.807) is 13.8 Å². The highest BCUT2D eigenvalue weighted by Crippen LogP contribution is 2.17. The summed E-state index contributed by atoms with van der Waals surface area (Å²) in [4.78, 5) is 23.1. The Labute approximate surface area is 120 Å². The van der Waals surface area contributed by atoms with Crippen LogP contribution in [0.1, 0.15) is 37.9 Å². The number of aryl methyl sites for hydroxylation is 1. The summed E-state index contributed by atoms with van der Waals surface area (Å²) in [6, 6.07) is 7.14. The van der Waals surface area contributed by atoms with Gasteiger partial charge in [0, 0.05) is 12.6 Å². The van der Waals surface area contributed by atoms with Crippen molar-refractivity contribution >= 4 is 11.9 Å². The number of benzene rings is 1. The summed E-state index contributed by atoms with van der Waals surface area (Å²) in [6.07, 6.45) is 0. The molecule has 0 aliphatic carbocycles. The molecule has 3 N–H and O–H groups in total. The van der Waals surface area contributed by atoms with Crippen LogP contribution in [0.3, 0.4) is 0 Å². The fourth-order valence-electron chi connectivity index (χ4n) is 2.04. The van der Waals surface area contributed by atoms with Gasteiger partial charge < -0.3 is 5.32 Å². The van der Waals surface area contributed by atoms with Gasteiger partial charge in [-0.25, -0.2) is 4.79 Å². The second-order valence-electron chi connectivity index (χ2n) is 4.82. The lowest BCUT2D eigenvalue weighted by molar-refractivity contribution is -0.121. The molecule has 0 saturated heterocycles. The lowest BCUT2D eigenvalue weighted by Gasteiger charge is -2.21. The molecule has 0 unspecified atom stereocenters. The average molecular weight is 277 g/mol. The van der Waals surface area contributed by atoms with Crippen LogP contribution in [0.15, 0.2) is 24.3 Å². The average Bonchev–Trinajstić information content (AvgIpc) is 2.39. The zero-order valence-electron chi connectivity index (χ0n) is 12.5. The second-order valence-corrected chi connectivity index (χ2v) is 4.82. The third-order valence-electron chi connectivity index (χ3n) is 3.12. The van der Waals surface area contributed by atoms with Crippen LogP contribution in [-0.4, -0.2) is 24.5 Å². The lowest BCUT2D eigenvalue weighted by Crippen LogP contribution is -2.48. The van der Waals surface area contributed by atoms with E-state index in [1.807, 2.05) is 38.1 Å². The van der Waals surface area contributed by atoms with Gasteiger partial charge in [-0.15, -0.1) is 0 Å². The molecule has 5 heteroatoms. The van der Waals surface area contributed by atoms with Crippen molar-refractivity contribution in [3.05, 3.63) is 35.4 Å². The highest BCUT2D eigenvalue weighted by molar-refractivity contribution is 5.96. The van der Waals surface area contributed by atoms with Gasteiger partial charge in [0.1, 0.15) is 0 Å². The fraction of sp³-hybridized carbons (Fsp3) is 0.467. The lowest BCUT2D eigenvalue weighted by atomic mass is 10.0. The summed E-state index contributed by atoms with van der Waals surface area (Å²) < 4.78 is 0. The number of rotatable bonds is 5. The summed E-state index contributed by atoms with van der Waals surface area (Å²) in [5.74, 6) is -0.337. The summed E-state index contributed by atoms with van der Waals surface area (Å²) in [5, 5.41) is 8.02. The Kier molecular flexibility index (Phi) is 6.18. The van der Waals surface area contributed by atoms with Crippen LogP contribution in [0.4, 0.5) is 4.79 Å². The molecule has 1 aromatic carbocycles. The maximum absolute atomic E-state index is 11.8. The van der Waals surface area contributed by atoms with Crippen molar-refractivity contribution in [2.24, 2.45) is 0 Å². The molecule has 0 aromatic heterocycles. The fourth-order valence-corrected chi connectivity index (χ4v) is 2.04. The third kappa shape index (κ3) is 4.66. The monoisotopic (exact) mass is 277 g/mol. The molecule has 0 radical (unpaired) electrons. The molecular formula is C15H23N3O2. The standard InChI is InChI=1S/C15H23N3O2/c1-5-16-15(20)18-14(19)12(4)17-11(3)13-9-7-6-8-10(13)2/h6-9,11-12,17H,5H2,1-4H3,(H2,16,18,19,20)/t11-,12-/m0/s1. The van der Waals surface area contributed by atoms with Crippen LogP contribution in [0.5, 0.6) is 0 Å². The van der Waals surface area contributed by atoms with Crippen LogP contribution < -0.4 is 16.0 Å². The summed E-state index contributed by atoms with van der Waals surface area (Å²) in [6.45, 7) is 8.06. The number of nitrogens with one attached hydrogen (secondary N) is 3. The number of imide groups is 1. The van der Waals surface area contributed by atoms with Gasteiger partial charge >= 0.3 is 6.03 Å². The van der Waals surface area contributed by atoms with Crippen molar-refractivity contribution < 1.29 is 9.59 Å². The summed E-state index contributed by atoms with van der Waals surface area (Å²) in [5.41, 5.74) is 2.31. The number of amides is 3. The van der Waals surface area contributed by atoms with Gasteiger partial charge in [-0.05, 0) is 38.8 Å². The first kappa shape index (κ1) is 16.2. The van der Waals surface area contributed by atoms with Crippen molar-refractivity contribution in [3.63, 3.8) is 0 Å². The van der Waals surface area contributed by atoms with Gasteiger partial charge in [-0.2, -0.15) is 0 Å². The summed E-state index contributed by atoms with van der Waals surface area (Å²) in [7, 11) is 0. The van der Waals surface area contributed by atoms with Crippen molar-refractivity contribution in [1.82, 2.24) is 16.0 Å². The minimum absolute atomic E-state index is 0.0335. The van der Waals surface area contributed by atoms with Gasteiger partial charge in [0.05, 0.1) is 6.04 Å². The van der Waals surface area contributed by atoms with Crippen LogP contribution in [0, 0.1) is 6.92 Å². The predicted octanol–water partition coefficient (Wildman–Crippen LogP) is 1.88. The van der Waals surface area contributed by atoms with E-state index in [-0.39, 0.29) is 11.9 Å². The number of urea groups is 1. The van der Waals surface area contributed by atoms with Crippen molar-refractivity contribution in [1.29, 1.82) is 0 Å². The van der Waals surface area contributed by atoms with E-state index in [0.717, 1.165) is 5.56 Å².